The minimum Gasteiger partial charge on any atom is -0.208 e. The predicted octanol–water partition coefficient (Wildman–Crippen LogP) is 15.6. The third kappa shape index (κ3) is 6.99. The topological polar surface area (TPSA) is 38.7 Å². The number of rotatable bonds is 8. The van der Waals surface area contributed by atoms with E-state index in [0.29, 0.717) is 17.5 Å². The second-order valence-corrected chi connectivity index (χ2v) is 16.2. The van der Waals surface area contributed by atoms with E-state index in [1.54, 1.807) is 0 Å². The maximum Gasteiger partial charge on any atom is 0.164 e. The van der Waals surface area contributed by atoms with Gasteiger partial charge in [0.25, 0.3) is 0 Å². The Labute approximate surface area is 359 Å². The zero-order valence-electron chi connectivity index (χ0n) is 33.1. The van der Waals surface area contributed by atoms with Crippen LogP contribution < -0.4 is 0 Å². The lowest BCUT2D eigenvalue weighted by atomic mass is 9.92. The van der Waals surface area contributed by atoms with E-state index in [2.05, 4.69) is 212 Å². The summed E-state index contributed by atoms with van der Waals surface area (Å²) < 4.78 is 2.52. The fraction of sp³-hybridized carbons (Fsp3) is 0. The summed E-state index contributed by atoms with van der Waals surface area (Å²) >= 11 is 1.86. The van der Waals surface area contributed by atoms with Crippen molar-refractivity contribution in [3.05, 3.63) is 224 Å². The summed E-state index contributed by atoms with van der Waals surface area (Å²) in [5, 5.41) is 2.56. The number of aromatic nitrogens is 3. The quantitative estimate of drug-likeness (QED) is 0.154. The molecule has 0 N–H and O–H groups in total. The van der Waals surface area contributed by atoms with Crippen LogP contribution in [0.15, 0.2) is 224 Å². The predicted molar refractivity (Wildman–Crippen MR) is 256 cm³/mol. The maximum atomic E-state index is 5.18. The third-order valence-electron chi connectivity index (χ3n) is 11.4. The molecule has 2 aromatic heterocycles. The molecule has 4 heteroatoms. The zero-order valence-corrected chi connectivity index (χ0v) is 33.9. The molecule has 3 nitrogen and oxygen atoms in total. The molecule has 0 fully saturated rings. The lowest BCUT2D eigenvalue weighted by molar-refractivity contribution is 1.07. The summed E-state index contributed by atoms with van der Waals surface area (Å²) in [6.45, 7) is 0. The van der Waals surface area contributed by atoms with Crippen LogP contribution >= 0.6 is 11.3 Å². The molecule has 0 aliphatic carbocycles. The fourth-order valence-electron chi connectivity index (χ4n) is 8.34. The van der Waals surface area contributed by atoms with Crippen LogP contribution in [0.3, 0.4) is 0 Å². The molecule has 0 amide bonds. The van der Waals surface area contributed by atoms with Crippen molar-refractivity contribution in [1.82, 2.24) is 15.0 Å². The number of nitrogens with zero attached hydrogens (tertiary/aromatic N) is 3. The zero-order chi connectivity index (χ0) is 40.5. The van der Waals surface area contributed by atoms with Gasteiger partial charge in [0.2, 0.25) is 0 Å². The minimum absolute atomic E-state index is 0.626. The average Bonchev–Trinajstić information content (AvgIpc) is 3.75. The highest BCUT2D eigenvalue weighted by Gasteiger charge is 2.20. The summed E-state index contributed by atoms with van der Waals surface area (Å²) in [5.41, 5.74) is 14.6. The average molecular weight is 796 g/mol. The Kier molecular flexibility index (Phi) is 9.38. The number of benzene rings is 9. The van der Waals surface area contributed by atoms with Gasteiger partial charge in [-0.1, -0.05) is 212 Å². The molecule has 0 unspecified atom stereocenters. The van der Waals surface area contributed by atoms with E-state index in [4.69, 9.17) is 15.0 Å². The molecule has 0 aliphatic rings. The Morgan fingerprint density at radius 1 is 0.246 bits per heavy atom. The van der Waals surface area contributed by atoms with Crippen molar-refractivity contribution in [2.75, 3.05) is 0 Å². The Bertz CT molecular complexity index is 3210. The summed E-state index contributed by atoms with van der Waals surface area (Å²) in [7, 11) is 0. The molecule has 11 aromatic rings. The van der Waals surface area contributed by atoms with Crippen molar-refractivity contribution >= 4 is 31.5 Å². The molecule has 0 bridgehead atoms. The SMILES string of the molecule is c1ccc(-c2ccc(-c3nc(-c4ccc(-c5ccccc5)cc4)nc(-c4cccc(-c5ccc(-c6ccccc6)c6c5sc5cccc(-c7ccccc7)c56)c4)n3)cc2)cc1. The molecule has 9 aromatic carbocycles. The van der Waals surface area contributed by atoms with Gasteiger partial charge in [-0.25, -0.2) is 15.0 Å². The van der Waals surface area contributed by atoms with E-state index in [0.717, 1.165) is 33.4 Å². The van der Waals surface area contributed by atoms with Gasteiger partial charge in [0.15, 0.2) is 17.5 Å². The first-order valence-corrected chi connectivity index (χ1v) is 21.3. The van der Waals surface area contributed by atoms with Gasteiger partial charge < -0.3 is 0 Å². The van der Waals surface area contributed by atoms with Crippen molar-refractivity contribution in [2.45, 2.75) is 0 Å². The first-order valence-electron chi connectivity index (χ1n) is 20.5. The molecule has 2 heterocycles. The summed E-state index contributed by atoms with van der Waals surface area (Å²) in [6.07, 6.45) is 0. The van der Waals surface area contributed by atoms with Crippen LogP contribution in [-0.2, 0) is 0 Å². The van der Waals surface area contributed by atoms with Crippen LogP contribution in [0.2, 0.25) is 0 Å². The van der Waals surface area contributed by atoms with Gasteiger partial charge >= 0.3 is 0 Å². The van der Waals surface area contributed by atoms with Crippen molar-refractivity contribution in [3.8, 4) is 89.8 Å². The van der Waals surface area contributed by atoms with Gasteiger partial charge in [0, 0.05) is 36.9 Å². The molecule has 61 heavy (non-hydrogen) atoms. The molecule has 286 valence electrons. The smallest absolute Gasteiger partial charge is 0.164 e. The first-order chi connectivity index (χ1) is 30.2. The normalized spacial score (nSPS) is 11.3. The van der Waals surface area contributed by atoms with Crippen LogP contribution in [0.1, 0.15) is 0 Å². The van der Waals surface area contributed by atoms with Crippen LogP contribution in [0.5, 0.6) is 0 Å². The van der Waals surface area contributed by atoms with Crippen LogP contribution in [0, 0.1) is 0 Å². The van der Waals surface area contributed by atoms with Crippen LogP contribution in [-0.4, -0.2) is 15.0 Å². The van der Waals surface area contributed by atoms with E-state index in [-0.39, 0.29) is 0 Å². The summed E-state index contributed by atoms with van der Waals surface area (Å²) in [6, 6.07) is 79.3. The standard InChI is InChI=1S/C57H37N3S/c1-5-15-38(16-6-1)40-27-31-44(32-28-40)55-58-56(45-33-29-41(30-34-45)39-17-7-2-8-18-39)60-57(59-55)47-24-13-23-46(37-47)50-36-35-49(43-21-11-4-12-22-43)53-52-48(42-19-9-3-10-20-42)25-14-26-51(52)61-54(50)53/h1-37H. The summed E-state index contributed by atoms with van der Waals surface area (Å²) in [4.78, 5) is 15.5. The summed E-state index contributed by atoms with van der Waals surface area (Å²) in [5.74, 6) is 1.88. The van der Waals surface area contributed by atoms with E-state index in [1.807, 2.05) is 23.5 Å². The Balaban J connectivity index is 1.06. The molecule has 0 spiro atoms. The monoisotopic (exact) mass is 795 g/mol. The highest BCUT2D eigenvalue weighted by atomic mass is 32.1. The number of thiophene rings is 1. The second kappa shape index (κ2) is 15.8. The lowest BCUT2D eigenvalue weighted by Crippen LogP contribution is -2.00. The van der Waals surface area contributed by atoms with E-state index >= 15 is 0 Å². The van der Waals surface area contributed by atoms with Crippen LogP contribution in [0.4, 0.5) is 0 Å². The van der Waals surface area contributed by atoms with Gasteiger partial charge in [0.1, 0.15) is 0 Å². The molecular weight excluding hydrogens is 759 g/mol. The van der Waals surface area contributed by atoms with E-state index < -0.39 is 0 Å². The van der Waals surface area contributed by atoms with E-state index in [1.165, 1.54) is 59.1 Å². The van der Waals surface area contributed by atoms with Crippen molar-refractivity contribution < 1.29 is 0 Å². The molecule has 11 rings (SSSR count). The molecule has 0 saturated carbocycles. The first kappa shape index (κ1) is 36.3. The molecule has 0 saturated heterocycles. The van der Waals surface area contributed by atoms with Gasteiger partial charge in [-0.3, -0.25) is 0 Å². The van der Waals surface area contributed by atoms with Crippen molar-refractivity contribution in [3.63, 3.8) is 0 Å². The highest BCUT2D eigenvalue weighted by molar-refractivity contribution is 7.26. The maximum absolute atomic E-state index is 5.18. The number of hydrogen-bond donors (Lipinski definition) is 0. The lowest BCUT2D eigenvalue weighted by Gasteiger charge is -2.13. The van der Waals surface area contributed by atoms with Gasteiger partial charge in [0.05, 0.1) is 0 Å². The van der Waals surface area contributed by atoms with Gasteiger partial charge in [-0.2, -0.15) is 0 Å². The van der Waals surface area contributed by atoms with Crippen LogP contribution in [0.25, 0.3) is 110 Å². The van der Waals surface area contributed by atoms with Gasteiger partial charge in [-0.15, -0.1) is 11.3 Å². The Morgan fingerprint density at radius 2 is 0.623 bits per heavy atom. The van der Waals surface area contributed by atoms with Crippen molar-refractivity contribution in [1.29, 1.82) is 0 Å². The largest absolute Gasteiger partial charge is 0.208 e. The third-order valence-corrected chi connectivity index (χ3v) is 12.6. The Morgan fingerprint density at radius 3 is 1.15 bits per heavy atom. The second-order valence-electron chi connectivity index (χ2n) is 15.2. The highest BCUT2D eigenvalue weighted by Crippen LogP contribution is 2.48. The fourth-order valence-corrected chi connectivity index (χ4v) is 9.63. The van der Waals surface area contributed by atoms with E-state index in [9.17, 15) is 0 Å². The molecule has 0 aliphatic heterocycles. The molecule has 0 atom stereocenters. The molecule has 0 radical (unpaired) electrons. The van der Waals surface area contributed by atoms with Gasteiger partial charge in [-0.05, 0) is 67.8 Å². The number of fused-ring (bicyclic) bond motifs is 3. The Hall–Kier alpha value is -7.79. The molecular formula is C57H37N3S. The van der Waals surface area contributed by atoms with Crippen molar-refractivity contribution in [2.24, 2.45) is 0 Å². The minimum atomic E-state index is 0.626. The number of hydrogen-bond acceptors (Lipinski definition) is 4.